The van der Waals surface area contributed by atoms with Gasteiger partial charge in [-0.05, 0) is 6.37 Å². The number of Topliss-reactive ketones (excluding diaryl/α,β-unsaturated/α-hetero) is 1. The molecule has 0 aliphatic heterocycles. The fourth-order valence-corrected chi connectivity index (χ4v) is 1.45. The first-order valence-corrected chi connectivity index (χ1v) is 5.72. The van der Waals surface area contributed by atoms with E-state index in [0.717, 1.165) is 14.2 Å². The van der Waals surface area contributed by atoms with E-state index in [2.05, 4.69) is 9.05 Å². The topological polar surface area (TPSA) is 52.6 Å². The third kappa shape index (κ3) is 7.15. The lowest BCUT2D eigenvalue weighted by molar-refractivity contribution is -0.117. The summed E-state index contributed by atoms with van der Waals surface area (Å²) in [4.78, 5) is 12.3. The van der Waals surface area contributed by atoms with Crippen molar-refractivity contribution >= 4 is 13.4 Å². The molecule has 0 unspecified atom stereocenters. The fourth-order valence-electron chi connectivity index (χ4n) is 0.614. The molecule has 96 valence electrons. The third-order valence-electron chi connectivity index (χ3n) is 1.35. The minimum Gasteiger partial charge on any atom is -0.312 e. The van der Waals surface area contributed by atoms with Gasteiger partial charge in [0.25, 0.3) is 0 Å². The van der Waals surface area contributed by atoms with E-state index < -0.39 is 64.6 Å². The molecule has 0 heterocycles. The number of hydrogen-bond donors (Lipinski definition) is 0. The van der Waals surface area contributed by atoms with Gasteiger partial charge in [-0.2, -0.15) is 0 Å². The van der Waals surface area contributed by atoms with Crippen molar-refractivity contribution in [3.63, 3.8) is 0 Å². The summed E-state index contributed by atoms with van der Waals surface area (Å²) in [6.45, 7) is -3.81. The maximum atomic E-state index is 12.3. The Hall–Kier alpha value is -0.180. The molecule has 0 amide bonds. The molecule has 0 N–H and O–H groups in total. The Morgan fingerprint density at radius 1 is 1.25 bits per heavy atom. The average Bonchev–Trinajstić information content (AvgIpc) is 2.59. The van der Waals surface area contributed by atoms with Crippen LogP contribution < -0.4 is 0 Å². The van der Waals surface area contributed by atoms with Crippen LogP contribution in [-0.4, -0.2) is 26.2 Å². The van der Waals surface area contributed by atoms with Crippen LogP contribution in [0.3, 0.4) is 0 Å². The summed E-state index contributed by atoms with van der Waals surface area (Å²) >= 11 is 0. The molecule has 0 rings (SSSR count). The lowest BCUT2D eigenvalue weighted by Crippen LogP contribution is -2.07. The Kier molecular flexibility index (Phi) is 2.18. The molecule has 4 nitrogen and oxygen atoms in total. The summed E-state index contributed by atoms with van der Waals surface area (Å²) in [5.74, 6) is -1.87. The zero-order valence-electron chi connectivity index (χ0n) is 23.8. The number of hydrogen-bond acceptors (Lipinski definition) is 4. The van der Waals surface area contributed by atoms with Crippen LogP contribution in [-0.2, 0) is 18.4 Å². The van der Waals surface area contributed by atoms with Crippen LogP contribution in [0.5, 0.6) is 0 Å². The predicted octanol–water partition coefficient (Wildman–Crippen LogP) is 3.40. The van der Waals surface area contributed by atoms with E-state index in [9.17, 15) is 9.36 Å². The number of rotatable bonds is 10. The minimum absolute atomic E-state index is 0.838. The minimum atomic E-state index is -4.33. The molecule has 0 radical (unpaired) electrons. The average molecular weight is 265 g/mol. The Bertz CT molecular complexity index is 721. The van der Waals surface area contributed by atoms with Gasteiger partial charge in [-0.1, -0.05) is 32.3 Å². The normalized spacial score (nSPS) is 31.8. The molecular weight excluding hydrogens is 227 g/mol. The van der Waals surface area contributed by atoms with Crippen LogP contribution in [0.15, 0.2) is 0 Å². The second-order valence-electron chi connectivity index (χ2n) is 2.31. The van der Waals surface area contributed by atoms with Crippen molar-refractivity contribution < 1.29 is 39.0 Å². The van der Waals surface area contributed by atoms with Crippen molar-refractivity contribution in [1.82, 2.24) is 0 Å². The SMILES string of the molecule is [2H]C([2H])([2H])C([2H])([2H])C([2H])([2H])C([2H])([2H])C([2H])([2H])C([2H])([2H])C([2H])([2H])C(=O)CP(=O)(OC)OC. The lowest BCUT2D eigenvalue weighted by atomic mass is 10.1. The van der Waals surface area contributed by atoms with E-state index in [4.69, 9.17) is 20.6 Å². The van der Waals surface area contributed by atoms with Gasteiger partial charge in [-0.15, -0.1) is 0 Å². The second-order valence-corrected chi connectivity index (χ2v) is 4.58. The van der Waals surface area contributed by atoms with Gasteiger partial charge in [0.2, 0.25) is 0 Å². The molecule has 0 aliphatic carbocycles. The van der Waals surface area contributed by atoms with E-state index >= 15 is 0 Å². The summed E-state index contributed by atoms with van der Waals surface area (Å²) in [5, 5.41) is 0. The van der Waals surface area contributed by atoms with Crippen LogP contribution in [0.25, 0.3) is 0 Å². The summed E-state index contributed by atoms with van der Waals surface area (Å²) in [5.41, 5.74) is 0. The highest BCUT2D eigenvalue weighted by Crippen LogP contribution is 2.46. The Labute approximate surface area is 119 Å². The molecule has 0 atom stereocenters. The molecule has 0 bridgehead atoms. The van der Waals surface area contributed by atoms with Gasteiger partial charge in [-0.3, -0.25) is 9.36 Å². The van der Waals surface area contributed by atoms with Crippen molar-refractivity contribution in [3.8, 4) is 0 Å². The Morgan fingerprint density at radius 2 is 1.88 bits per heavy atom. The summed E-state index contributed by atoms with van der Waals surface area (Å²) in [7, 11) is -2.58. The highest BCUT2D eigenvalue weighted by molar-refractivity contribution is 7.54. The van der Waals surface area contributed by atoms with Gasteiger partial charge in [-0.25, -0.2) is 0 Å². The van der Waals surface area contributed by atoms with Gasteiger partial charge in [0.15, 0.2) is 0 Å². The molecule has 0 fully saturated rings. The first-order chi connectivity index (χ1) is 13.2. The van der Waals surface area contributed by atoms with Gasteiger partial charge < -0.3 is 9.05 Å². The van der Waals surface area contributed by atoms with Crippen molar-refractivity contribution in [2.45, 2.75) is 45.1 Å². The van der Waals surface area contributed by atoms with Crippen LogP contribution in [0.1, 0.15) is 65.7 Å². The highest BCUT2D eigenvalue weighted by atomic mass is 31.2. The van der Waals surface area contributed by atoms with Crippen molar-refractivity contribution in [2.75, 3.05) is 20.4 Å². The Balaban J connectivity index is 6.57. The van der Waals surface area contributed by atoms with Crippen LogP contribution in [0, 0.1) is 0 Å². The van der Waals surface area contributed by atoms with E-state index in [0.29, 0.717) is 0 Å². The fraction of sp³-hybridized carbons (Fsp3) is 0.909. The molecule has 0 spiro atoms. The largest absolute Gasteiger partial charge is 0.337 e. The number of carbonyl (C=O) groups is 1. The van der Waals surface area contributed by atoms with Crippen molar-refractivity contribution in [2.24, 2.45) is 0 Å². The van der Waals surface area contributed by atoms with E-state index in [1.54, 1.807) is 0 Å². The molecule has 0 saturated carbocycles. The maximum Gasteiger partial charge on any atom is 0.337 e. The first kappa shape index (κ1) is 3.91. The van der Waals surface area contributed by atoms with E-state index in [-0.39, 0.29) is 0 Å². The van der Waals surface area contributed by atoms with Crippen LogP contribution >= 0.6 is 7.60 Å². The zero-order valence-corrected chi connectivity index (χ0v) is 9.68. The zero-order chi connectivity index (χ0) is 25.7. The summed E-state index contributed by atoms with van der Waals surface area (Å²) in [6, 6.07) is 0. The maximum absolute atomic E-state index is 12.3. The quantitative estimate of drug-likeness (QED) is 0.568. The molecule has 0 aromatic rings. The standard InChI is InChI=1S/C11H23O4P/c1-4-5-6-7-8-9-11(12)10-16(13,14-2)15-3/h4-10H2,1-3H3/i1D3,4D2,5D2,6D2,7D2,8D2,9D2. The molecule has 0 aromatic heterocycles. The smallest absolute Gasteiger partial charge is 0.312 e. The Morgan fingerprint density at radius 3 is 2.44 bits per heavy atom. The van der Waals surface area contributed by atoms with Gasteiger partial charge >= 0.3 is 7.60 Å². The monoisotopic (exact) mass is 265 g/mol. The molecule has 0 saturated heterocycles. The third-order valence-corrected chi connectivity index (χ3v) is 3.13. The van der Waals surface area contributed by atoms with Crippen molar-refractivity contribution in [1.29, 1.82) is 0 Å². The van der Waals surface area contributed by atoms with Gasteiger partial charge in [0.1, 0.15) is 11.9 Å². The first-order valence-electron chi connectivity index (χ1n) is 11.5. The van der Waals surface area contributed by atoms with Crippen molar-refractivity contribution in [3.05, 3.63) is 0 Å². The van der Waals surface area contributed by atoms with Gasteiger partial charge in [0.05, 0.1) is 0 Å². The lowest BCUT2D eigenvalue weighted by Gasteiger charge is -2.12. The van der Waals surface area contributed by atoms with E-state index in [1.807, 2.05) is 0 Å². The number of carbonyl (C=O) groups excluding carboxylic acids is 1. The van der Waals surface area contributed by atoms with Gasteiger partial charge in [0, 0.05) is 41.2 Å². The molecule has 0 aliphatic rings. The van der Waals surface area contributed by atoms with Crippen LogP contribution in [0.4, 0.5) is 0 Å². The van der Waals surface area contributed by atoms with Crippen LogP contribution in [0.2, 0.25) is 0 Å². The summed E-state index contributed by atoms with van der Waals surface area (Å²) < 4.78 is 135. The second kappa shape index (κ2) is 8.91. The highest BCUT2D eigenvalue weighted by Gasteiger charge is 2.24. The molecular formula is C11H23O4P. The molecule has 5 heteroatoms. The molecule has 0 aromatic carbocycles. The molecule has 16 heavy (non-hydrogen) atoms. The predicted molar refractivity (Wildman–Crippen MR) is 64.9 cm³/mol. The van der Waals surface area contributed by atoms with E-state index in [1.165, 1.54) is 0 Å². The number of ketones is 1. The summed E-state index contributed by atoms with van der Waals surface area (Å²) in [6.07, 6.45) is -26.5.